The van der Waals surface area contributed by atoms with Crippen molar-refractivity contribution in [2.24, 2.45) is 4.99 Å². The number of aromatic nitrogens is 1. The van der Waals surface area contributed by atoms with E-state index in [1.807, 2.05) is 38.5 Å². The molecule has 0 bridgehead atoms. The van der Waals surface area contributed by atoms with Crippen molar-refractivity contribution in [3.05, 3.63) is 76.5 Å². The molecule has 0 aliphatic heterocycles. The number of hydrogen-bond acceptors (Lipinski definition) is 2. The Labute approximate surface area is 151 Å². The van der Waals surface area contributed by atoms with Crippen LogP contribution in [-0.2, 0) is 0 Å². The highest BCUT2D eigenvalue weighted by Gasteiger charge is 2.03. The zero-order chi connectivity index (χ0) is 17.1. The zero-order valence-corrected chi connectivity index (χ0v) is 15.7. The van der Waals surface area contributed by atoms with Crippen molar-refractivity contribution in [1.82, 2.24) is 4.57 Å². The first-order valence-electron chi connectivity index (χ1n) is 7.80. The van der Waals surface area contributed by atoms with Gasteiger partial charge < -0.3 is 9.47 Å². The fourth-order valence-corrected chi connectivity index (χ4v) is 3.02. The highest BCUT2D eigenvalue weighted by Crippen LogP contribution is 2.23. The number of benzene rings is 2. The van der Waals surface area contributed by atoms with Gasteiger partial charge in [-0.3, -0.25) is 4.99 Å². The molecule has 122 valence electrons. The van der Waals surface area contributed by atoms with Crippen molar-refractivity contribution in [2.45, 2.75) is 6.92 Å². The lowest BCUT2D eigenvalue weighted by molar-refractivity contribution is 1.06. The van der Waals surface area contributed by atoms with Gasteiger partial charge in [-0.25, -0.2) is 0 Å². The summed E-state index contributed by atoms with van der Waals surface area (Å²) in [6.45, 7) is 2.07. The first-order valence-corrected chi connectivity index (χ1v) is 8.59. The molecule has 0 aliphatic rings. The third kappa shape index (κ3) is 3.60. The first kappa shape index (κ1) is 16.5. The van der Waals surface area contributed by atoms with Crippen LogP contribution in [0.2, 0.25) is 0 Å². The Kier molecular flexibility index (Phi) is 4.86. The van der Waals surface area contributed by atoms with E-state index in [0.717, 1.165) is 27.1 Å². The minimum Gasteiger partial charge on any atom is -0.378 e. The minimum absolute atomic E-state index is 0.980. The molecule has 1 aromatic heterocycles. The Morgan fingerprint density at radius 1 is 1.04 bits per heavy atom. The maximum Gasteiger partial charge on any atom is 0.0660 e. The lowest BCUT2D eigenvalue weighted by atomic mass is 10.2. The monoisotopic (exact) mass is 381 g/mol. The number of halogens is 1. The summed E-state index contributed by atoms with van der Waals surface area (Å²) in [5, 5.41) is 0. The first-order chi connectivity index (χ1) is 11.5. The van der Waals surface area contributed by atoms with Crippen LogP contribution in [0.5, 0.6) is 0 Å². The second-order valence-corrected chi connectivity index (χ2v) is 6.82. The van der Waals surface area contributed by atoms with E-state index in [0.29, 0.717) is 0 Å². The number of aliphatic imine (C=N–C) groups is 1. The molecule has 3 rings (SSSR count). The minimum atomic E-state index is 0.980. The molecule has 0 amide bonds. The molecular weight excluding hydrogens is 362 g/mol. The molecule has 24 heavy (non-hydrogen) atoms. The molecule has 0 radical (unpaired) electrons. The van der Waals surface area contributed by atoms with Crippen LogP contribution >= 0.6 is 15.9 Å². The Morgan fingerprint density at radius 3 is 2.46 bits per heavy atom. The van der Waals surface area contributed by atoms with Crippen molar-refractivity contribution >= 4 is 33.5 Å². The topological polar surface area (TPSA) is 20.5 Å². The molecule has 2 aromatic carbocycles. The Morgan fingerprint density at radius 2 is 1.79 bits per heavy atom. The van der Waals surface area contributed by atoms with Crippen LogP contribution in [0.1, 0.15) is 11.3 Å². The quantitative estimate of drug-likeness (QED) is 0.556. The van der Waals surface area contributed by atoms with Crippen LogP contribution in [0.15, 0.2) is 70.3 Å². The second-order valence-electron chi connectivity index (χ2n) is 5.90. The smallest absolute Gasteiger partial charge is 0.0660 e. The molecule has 0 spiro atoms. The van der Waals surface area contributed by atoms with E-state index >= 15 is 0 Å². The molecule has 1 heterocycles. The van der Waals surface area contributed by atoms with Gasteiger partial charge in [0.1, 0.15) is 0 Å². The standard InChI is InChI=1S/C20H20BrN3/c1-15-13-16(21)6-11-20(15)22-14-19-5-4-12-24(19)18-9-7-17(8-10-18)23(2)3/h4-14H,1-3H3. The number of nitrogens with zero attached hydrogens (tertiary/aromatic N) is 3. The van der Waals surface area contributed by atoms with Crippen LogP contribution in [0.3, 0.4) is 0 Å². The molecule has 0 atom stereocenters. The fourth-order valence-electron chi connectivity index (χ4n) is 2.55. The average molecular weight is 382 g/mol. The molecule has 0 N–H and O–H groups in total. The Hall–Kier alpha value is -2.33. The highest BCUT2D eigenvalue weighted by atomic mass is 79.9. The number of hydrogen-bond donors (Lipinski definition) is 0. The summed E-state index contributed by atoms with van der Waals surface area (Å²) in [7, 11) is 4.09. The fraction of sp³-hybridized carbons (Fsp3) is 0.150. The normalized spacial score (nSPS) is 11.2. The third-order valence-electron chi connectivity index (χ3n) is 3.92. The molecular formula is C20H20BrN3. The van der Waals surface area contributed by atoms with E-state index in [1.54, 1.807) is 0 Å². The number of anilines is 1. The third-order valence-corrected chi connectivity index (χ3v) is 4.41. The van der Waals surface area contributed by atoms with Crippen molar-refractivity contribution in [3.8, 4) is 5.69 Å². The van der Waals surface area contributed by atoms with Crippen molar-refractivity contribution < 1.29 is 0 Å². The second kappa shape index (κ2) is 7.05. The van der Waals surface area contributed by atoms with Crippen LogP contribution in [0.25, 0.3) is 5.69 Å². The van der Waals surface area contributed by atoms with Gasteiger partial charge in [-0.1, -0.05) is 15.9 Å². The van der Waals surface area contributed by atoms with Gasteiger partial charge in [0.15, 0.2) is 0 Å². The van der Waals surface area contributed by atoms with Gasteiger partial charge in [0.25, 0.3) is 0 Å². The van der Waals surface area contributed by atoms with Gasteiger partial charge in [-0.05, 0) is 67.1 Å². The molecule has 3 aromatic rings. The highest BCUT2D eigenvalue weighted by molar-refractivity contribution is 9.10. The van der Waals surface area contributed by atoms with Crippen LogP contribution in [0, 0.1) is 6.92 Å². The van der Waals surface area contributed by atoms with E-state index in [-0.39, 0.29) is 0 Å². The molecule has 4 heteroatoms. The molecule has 0 saturated heterocycles. The maximum atomic E-state index is 4.65. The Bertz CT molecular complexity index is 861. The largest absolute Gasteiger partial charge is 0.378 e. The summed E-state index contributed by atoms with van der Waals surface area (Å²) in [6, 6.07) is 18.7. The Balaban J connectivity index is 1.88. The zero-order valence-electron chi connectivity index (χ0n) is 14.1. The molecule has 0 saturated carbocycles. The summed E-state index contributed by atoms with van der Waals surface area (Å²) >= 11 is 3.48. The lowest BCUT2D eigenvalue weighted by Gasteiger charge is -2.13. The number of aryl methyl sites for hydroxylation is 1. The summed E-state index contributed by atoms with van der Waals surface area (Å²) in [6.07, 6.45) is 3.97. The SMILES string of the molecule is Cc1cc(Br)ccc1N=Cc1cccn1-c1ccc(N(C)C)cc1. The predicted octanol–water partition coefficient (Wildman–Crippen LogP) is 5.36. The van der Waals surface area contributed by atoms with Gasteiger partial charge in [0.2, 0.25) is 0 Å². The summed E-state index contributed by atoms with van der Waals surface area (Å²) < 4.78 is 3.21. The molecule has 3 nitrogen and oxygen atoms in total. The van der Waals surface area contributed by atoms with Gasteiger partial charge >= 0.3 is 0 Å². The maximum absolute atomic E-state index is 4.65. The van der Waals surface area contributed by atoms with E-state index < -0.39 is 0 Å². The van der Waals surface area contributed by atoms with Crippen LogP contribution in [0.4, 0.5) is 11.4 Å². The average Bonchev–Trinajstić information content (AvgIpc) is 3.02. The van der Waals surface area contributed by atoms with E-state index in [4.69, 9.17) is 0 Å². The number of rotatable bonds is 4. The van der Waals surface area contributed by atoms with Crippen LogP contribution < -0.4 is 4.90 Å². The predicted molar refractivity (Wildman–Crippen MR) is 106 cm³/mol. The van der Waals surface area contributed by atoms with Crippen molar-refractivity contribution in [1.29, 1.82) is 0 Å². The van der Waals surface area contributed by atoms with Gasteiger partial charge in [-0.2, -0.15) is 0 Å². The van der Waals surface area contributed by atoms with Gasteiger partial charge in [0.05, 0.1) is 17.6 Å². The van der Waals surface area contributed by atoms with Crippen molar-refractivity contribution in [3.63, 3.8) is 0 Å². The van der Waals surface area contributed by atoms with Gasteiger partial charge in [-0.15, -0.1) is 0 Å². The summed E-state index contributed by atoms with van der Waals surface area (Å²) in [4.78, 5) is 6.74. The molecule has 0 aliphatic carbocycles. The van der Waals surface area contributed by atoms with Gasteiger partial charge in [0, 0.05) is 36.1 Å². The summed E-state index contributed by atoms with van der Waals surface area (Å²) in [5.74, 6) is 0. The van der Waals surface area contributed by atoms with E-state index in [2.05, 4.69) is 79.9 Å². The summed E-state index contributed by atoms with van der Waals surface area (Å²) in [5.41, 5.74) is 5.49. The molecule has 0 fully saturated rings. The van der Waals surface area contributed by atoms with E-state index in [9.17, 15) is 0 Å². The molecule has 0 unspecified atom stereocenters. The van der Waals surface area contributed by atoms with Crippen LogP contribution in [-0.4, -0.2) is 24.9 Å². The van der Waals surface area contributed by atoms with E-state index in [1.165, 1.54) is 5.69 Å². The lowest BCUT2D eigenvalue weighted by Crippen LogP contribution is -2.08. The van der Waals surface area contributed by atoms with Crippen molar-refractivity contribution in [2.75, 3.05) is 19.0 Å².